The van der Waals surface area contributed by atoms with Crippen LogP contribution in [0, 0.1) is 0 Å². The van der Waals surface area contributed by atoms with Crippen LogP contribution in [-0.4, -0.2) is 7.11 Å². The minimum absolute atomic E-state index is 0.0153. The number of hydrogen-bond acceptors (Lipinski definition) is 2. The summed E-state index contributed by atoms with van der Waals surface area (Å²) in [7, 11) is 1.52. The molecule has 0 saturated heterocycles. The Bertz CT molecular complexity index is 369. The van der Waals surface area contributed by atoms with E-state index in [1.54, 1.807) is 12.1 Å². The fourth-order valence-corrected chi connectivity index (χ4v) is 1.43. The first kappa shape index (κ1) is 7.35. The maximum Gasteiger partial charge on any atom is 0.220 e. The van der Waals surface area contributed by atoms with E-state index in [2.05, 4.69) is 0 Å². The van der Waals surface area contributed by atoms with Gasteiger partial charge in [-0.05, 0) is 36.1 Å². The van der Waals surface area contributed by atoms with Crippen LogP contribution >= 0.6 is 0 Å². The van der Waals surface area contributed by atoms with Gasteiger partial charge in [0.2, 0.25) is 5.43 Å². The van der Waals surface area contributed by atoms with E-state index < -0.39 is 0 Å². The lowest BCUT2D eigenvalue weighted by Gasteiger charge is -2.13. The van der Waals surface area contributed by atoms with Gasteiger partial charge in [0.05, 0.1) is 7.11 Å². The van der Waals surface area contributed by atoms with E-state index in [0.29, 0.717) is 5.75 Å². The van der Waals surface area contributed by atoms with Crippen molar-refractivity contribution in [2.75, 3.05) is 7.11 Å². The molecule has 2 nitrogen and oxygen atoms in total. The van der Waals surface area contributed by atoms with Crippen molar-refractivity contribution in [3.63, 3.8) is 0 Å². The first-order chi connectivity index (χ1) is 5.81. The van der Waals surface area contributed by atoms with Crippen LogP contribution in [0.4, 0.5) is 0 Å². The highest BCUT2D eigenvalue weighted by Gasteiger charge is 2.12. The Kier molecular flexibility index (Phi) is 1.61. The summed E-state index contributed by atoms with van der Waals surface area (Å²) in [6, 6.07) is 5.40. The SMILES string of the molecule is COc1ccc2c(cc1=O)CC2. The molecule has 2 heteroatoms. The molecule has 0 aliphatic heterocycles. The molecule has 0 bridgehead atoms. The van der Waals surface area contributed by atoms with Crippen LogP contribution in [0.5, 0.6) is 5.75 Å². The van der Waals surface area contributed by atoms with Crippen LogP contribution in [0.3, 0.4) is 0 Å². The van der Waals surface area contributed by atoms with Crippen LogP contribution in [0.2, 0.25) is 0 Å². The third kappa shape index (κ3) is 0.998. The summed E-state index contributed by atoms with van der Waals surface area (Å²) in [5.74, 6) is 0.435. The minimum Gasteiger partial charge on any atom is -0.493 e. The molecule has 62 valence electrons. The number of methoxy groups -OCH3 is 1. The van der Waals surface area contributed by atoms with Crippen molar-refractivity contribution in [3.8, 4) is 5.75 Å². The van der Waals surface area contributed by atoms with Crippen LogP contribution < -0.4 is 10.2 Å². The second-order valence-corrected chi connectivity index (χ2v) is 2.96. The number of ether oxygens (including phenoxy) is 1. The molecule has 0 atom stereocenters. The lowest BCUT2D eigenvalue weighted by Crippen LogP contribution is -2.08. The van der Waals surface area contributed by atoms with Crippen LogP contribution in [0.15, 0.2) is 23.0 Å². The summed E-state index contributed by atoms with van der Waals surface area (Å²) < 4.78 is 4.93. The molecule has 1 aliphatic rings. The van der Waals surface area contributed by atoms with E-state index in [4.69, 9.17) is 4.74 Å². The third-order valence-electron chi connectivity index (χ3n) is 2.28. The largest absolute Gasteiger partial charge is 0.493 e. The van der Waals surface area contributed by atoms with Gasteiger partial charge in [-0.1, -0.05) is 6.07 Å². The van der Waals surface area contributed by atoms with E-state index in [1.807, 2.05) is 6.07 Å². The molecule has 0 radical (unpaired) electrons. The predicted molar refractivity (Wildman–Crippen MR) is 46.7 cm³/mol. The number of aryl methyl sites for hydroxylation is 2. The fourth-order valence-electron chi connectivity index (χ4n) is 1.43. The molecule has 0 amide bonds. The highest BCUT2D eigenvalue weighted by atomic mass is 16.5. The van der Waals surface area contributed by atoms with Gasteiger partial charge in [0.15, 0.2) is 5.75 Å². The fraction of sp³-hybridized carbons (Fsp3) is 0.300. The molecule has 1 aromatic rings. The predicted octanol–water partition coefficient (Wildman–Crippen LogP) is 1.15. The topological polar surface area (TPSA) is 26.3 Å². The van der Waals surface area contributed by atoms with Gasteiger partial charge in [0.1, 0.15) is 0 Å². The first-order valence-electron chi connectivity index (χ1n) is 4.01. The molecule has 0 saturated carbocycles. The van der Waals surface area contributed by atoms with E-state index >= 15 is 0 Å². The Morgan fingerprint density at radius 1 is 1.25 bits per heavy atom. The summed E-state index contributed by atoms with van der Waals surface area (Å²) >= 11 is 0. The Labute approximate surface area is 70.8 Å². The zero-order valence-electron chi connectivity index (χ0n) is 6.96. The highest BCUT2D eigenvalue weighted by Crippen LogP contribution is 2.20. The van der Waals surface area contributed by atoms with E-state index in [-0.39, 0.29) is 5.43 Å². The third-order valence-corrected chi connectivity index (χ3v) is 2.28. The number of fused-ring (bicyclic) bond motifs is 1. The smallest absolute Gasteiger partial charge is 0.220 e. The van der Waals surface area contributed by atoms with Crippen molar-refractivity contribution in [2.45, 2.75) is 12.8 Å². The normalized spacial score (nSPS) is 13.1. The van der Waals surface area contributed by atoms with Crippen molar-refractivity contribution < 1.29 is 4.74 Å². The maximum atomic E-state index is 11.3. The van der Waals surface area contributed by atoms with Gasteiger partial charge in [-0.25, -0.2) is 0 Å². The first-order valence-corrected chi connectivity index (χ1v) is 4.01. The molecule has 12 heavy (non-hydrogen) atoms. The molecular weight excluding hydrogens is 152 g/mol. The summed E-state index contributed by atoms with van der Waals surface area (Å²) in [6.45, 7) is 0. The summed E-state index contributed by atoms with van der Waals surface area (Å²) in [5, 5.41) is 0. The monoisotopic (exact) mass is 162 g/mol. The molecule has 1 aliphatic carbocycles. The second-order valence-electron chi connectivity index (χ2n) is 2.96. The van der Waals surface area contributed by atoms with Crippen molar-refractivity contribution in [3.05, 3.63) is 39.5 Å². The molecule has 0 N–H and O–H groups in total. The Morgan fingerprint density at radius 2 is 2.00 bits per heavy atom. The van der Waals surface area contributed by atoms with E-state index in [1.165, 1.54) is 18.2 Å². The molecule has 0 unspecified atom stereocenters. The van der Waals surface area contributed by atoms with Crippen molar-refractivity contribution in [1.82, 2.24) is 0 Å². The summed E-state index contributed by atoms with van der Waals surface area (Å²) in [6.07, 6.45) is 2.12. The van der Waals surface area contributed by atoms with Gasteiger partial charge in [0, 0.05) is 0 Å². The van der Waals surface area contributed by atoms with Crippen LogP contribution in [0.25, 0.3) is 0 Å². The van der Waals surface area contributed by atoms with Gasteiger partial charge < -0.3 is 4.74 Å². The molecule has 0 aromatic heterocycles. The van der Waals surface area contributed by atoms with Crippen LogP contribution in [0.1, 0.15) is 11.1 Å². The standard InChI is InChI=1S/C10H10O2/c1-12-10-5-4-7-2-3-8(7)6-9(10)11/h4-6H,2-3H2,1H3. The lowest BCUT2D eigenvalue weighted by atomic mass is 9.91. The second kappa shape index (κ2) is 2.63. The summed E-state index contributed by atoms with van der Waals surface area (Å²) in [4.78, 5) is 11.3. The Balaban J connectivity index is 2.65. The highest BCUT2D eigenvalue weighted by molar-refractivity contribution is 5.37. The Morgan fingerprint density at radius 3 is 2.58 bits per heavy atom. The molecule has 0 heterocycles. The quantitative estimate of drug-likeness (QED) is 0.619. The van der Waals surface area contributed by atoms with Crippen molar-refractivity contribution >= 4 is 0 Å². The molecule has 0 spiro atoms. The zero-order valence-corrected chi connectivity index (χ0v) is 6.96. The van der Waals surface area contributed by atoms with Crippen molar-refractivity contribution in [2.24, 2.45) is 0 Å². The molecular formula is C10H10O2. The number of hydrogen-bond donors (Lipinski definition) is 0. The minimum atomic E-state index is -0.0153. The Hall–Kier alpha value is -1.31. The zero-order chi connectivity index (χ0) is 8.55. The van der Waals surface area contributed by atoms with E-state index in [0.717, 1.165) is 12.8 Å². The van der Waals surface area contributed by atoms with Gasteiger partial charge in [-0.2, -0.15) is 0 Å². The molecule has 2 rings (SSSR count). The van der Waals surface area contributed by atoms with Gasteiger partial charge in [-0.15, -0.1) is 0 Å². The van der Waals surface area contributed by atoms with Gasteiger partial charge >= 0.3 is 0 Å². The maximum absolute atomic E-state index is 11.3. The van der Waals surface area contributed by atoms with E-state index in [9.17, 15) is 4.79 Å². The molecule has 0 fully saturated rings. The lowest BCUT2D eigenvalue weighted by molar-refractivity contribution is 0.411. The average Bonchev–Trinajstić information content (AvgIpc) is 2.14. The van der Waals surface area contributed by atoms with Gasteiger partial charge in [-0.3, -0.25) is 4.79 Å². The number of rotatable bonds is 1. The van der Waals surface area contributed by atoms with Crippen LogP contribution in [-0.2, 0) is 12.8 Å². The molecule has 1 aromatic carbocycles. The average molecular weight is 162 g/mol. The van der Waals surface area contributed by atoms with Gasteiger partial charge in [0.25, 0.3) is 0 Å². The van der Waals surface area contributed by atoms with Crippen molar-refractivity contribution in [1.29, 1.82) is 0 Å². The summed E-state index contributed by atoms with van der Waals surface area (Å²) in [5.41, 5.74) is 2.43.